The molecule has 0 saturated carbocycles. The number of carboxylic acids is 1. The third kappa shape index (κ3) is 4.79. The van der Waals surface area contributed by atoms with Gasteiger partial charge in [-0.3, -0.25) is 4.79 Å². The third-order valence-electron chi connectivity index (χ3n) is 8.17. The first-order valence-corrected chi connectivity index (χ1v) is 13.6. The number of carbonyl (C=O) groups is 1. The summed E-state index contributed by atoms with van der Waals surface area (Å²) in [7, 11) is 0. The first-order valence-electron chi connectivity index (χ1n) is 13.6. The number of carboxylic acid groups (broad SMARTS) is 1. The van der Waals surface area contributed by atoms with E-state index in [2.05, 4.69) is 6.92 Å². The van der Waals surface area contributed by atoms with Crippen molar-refractivity contribution >= 4 is 5.97 Å². The van der Waals surface area contributed by atoms with Gasteiger partial charge in [-0.05, 0) is 78.8 Å². The lowest BCUT2D eigenvalue weighted by molar-refractivity contribution is -0.137. The summed E-state index contributed by atoms with van der Waals surface area (Å²) in [6.45, 7) is 8.24. The van der Waals surface area contributed by atoms with Gasteiger partial charge in [-0.25, -0.2) is 8.78 Å². The van der Waals surface area contributed by atoms with Crippen LogP contribution < -0.4 is 14.2 Å². The smallest absolute Gasteiger partial charge is 0.304 e. The SMILES string of the molecule is Cc1cc(OCC2(C)COC2)cc(C)c1-c1cc(F)c(F)c2c1CC[C@H]2Oc1ccc2c(c1)OC[C@H]2CC(=O)O. The van der Waals surface area contributed by atoms with E-state index in [1.165, 1.54) is 6.07 Å². The van der Waals surface area contributed by atoms with Crippen molar-refractivity contribution < 1.29 is 37.6 Å². The fourth-order valence-corrected chi connectivity index (χ4v) is 6.15. The van der Waals surface area contributed by atoms with E-state index in [9.17, 15) is 4.79 Å². The number of aliphatic carboxylic acids is 1. The molecule has 40 heavy (non-hydrogen) atoms. The van der Waals surface area contributed by atoms with E-state index in [1.807, 2.05) is 26.0 Å². The maximum atomic E-state index is 15.3. The molecule has 1 aliphatic carbocycles. The molecule has 210 valence electrons. The number of ether oxygens (including phenoxy) is 4. The van der Waals surface area contributed by atoms with Gasteiger partial charge in [-0.1, -0.05) is 13.0 Å². The molecular formula is C32H32F2O6. The van der Waals surface area contributed by atoms with Crippen molar-refractivity contribution in [2.24, 2.45) is 5.41 Å². The van der Waals surface area contributed by atoms with Crippen LogP contribution in [-0.2, 0) is 16.0 Å². The highest BCUT2D eigenvalue weighted by Crippen LogP contribution is 2.46. The molecule has 8 heteroatoms. The molecule has 0 spiro atoms. The fourth-order valence-electron chi connectivity index (χ4n) is 6.15. The fraction of sp³-hybridized carbons (Fsp3) is 0.406. The lowest BCUT2D eigenvalue weighted by Crippen LogP contribution is -2.44. The van der Waals surface area contributed by atoms with E-state index in [1.54, 1.807) is 18.2 Å². The first kappa shape index (κ1) is 26.6. The molecule has 3 aliphatic rings. The van der Waals surface area contributed by atoms with Crippen molar-refractivity contribution in [3.63, 3.8) is 0 Å². The standard InChI is InChI=1S/C32H32F2O6/c1-17-8-21(39-16-32(3)14-37-15-32)9-18(2)29(17)24-12-25(33)31(34)30-23(24)6-7-26(30)40-20-4-5-22-19(10-28(35)36)13-38-27(22)11-20/h4-5,8-9,11-12,19,26H,6-7,10,13-16H2,1-3H3,(H,35,36)/t19-,26-/m1/s1. The predicted molar refractivity (Wildman–Crippen MR) is 144 cm³/mol. The van der Waals surface area contributed by atoms with Crippen LogP contribution in [0.1, 0.15) is 59.6 Å². The van der Waals surface area contributed by atoms with E-state index < -0.39 is 23.7 Å². The van der Waals surface area contributed by atoms with Crippen LogP contribution in [-0.4, -0.2) is 37.5 Å². The Morgan fingerprint density at radius 3 is 2.52 bits per heavy atom. The van der Waals surface area contributed by atoms with Gasteiger partial charge in [0.2, 0.25) is 0 Å². The Balaban J connectivity index is 1.28. The summed E-state index contributed by atoms with van der Waals surface area (Å²) in [6, 6.07) is 10.4. The second-order valence-electron chi connectivity index (χ2n) is 11.6. The van der Waals surface area contributed by atoms with E-state index in [0.717, 1.165) is 33.6 Å². The summed E-state index contributed by atoms with van der Waals surface area (Å²) in [5.41, 5.74) is 5.23. The summed E-state index contributed by atoms with van der Waals surface area (Å²) >= 11 is 0. The molecule has 0 aromatic heterocycles. The summed E-state index contributed by atoms with van der Waals surface area (Å²) in [5, 5.41) is 9.15. The molecule has 2 aliphatic heterocycles. The van der Waals surface area contributed by atoms with Gasteiger partial charge in [-0.15, -0.1) is 0 Å². The number of halogens is 2. The van der Waals surface area contributed by atoms with E-state index in [4.69, 9.17) is 24.1 Å². The van der Waals surface area contributed by atoms with E-state index in [-0.39, 0.29) is 29.9 Å². The van der Waals surface area contributed by atoms with Gasteiger partial charge in [-0.2, -0.15) is 0 Å². The lowest BCUT2D eigenvalue weighted by atomic mass is 9.89. The second-order valence-corrected chi connectivity index (χ2v) is 11.6. The molecule has 1 N–H and O–H groups in total. The zero-order chi connectivity index (χ0) is 28.2. The molecule has 0 bridgehead atoms. The molecule has 0 amide bonds. The number of hydrogen-bond acceptors (Lipinski definition) is 5. The van der Waals surface area contributed by atoms with Crippen LogP contribution in [0.5, 0.6) is 17.2 Å². The monoisotopic (exact) mass is 550 g/mol. The van der Waals surface area contributed by atoms with Crippen molar-refractivity contribution in [2.45, 2.75) is 52.1 Å². The zero-order valence-electron chi connectivity index (χ0n) is 22.8. The molecule has 0 unspecified atom stereocenters. The Morgan fingerprint density at radius 1 is 1.10 bits per heavy atom. The Hall–Kier alpha value is -3.65. The number of rotatable bonds is 8. The number of benzene rings is 3. The molecule has 6 nitrogen and oxygen atoms in total. The predicted octanol–water partition coefficient (Wildman–Crippen LogP) is 6.68. The number of fused-ring (bicyclic) bond motifs is 2. The molecule has 0 radical (unpaired) electrons. The average Bonchev–Trinajstić information content (AvgIpc) is 3.48. The first-order chi connectivity index (χ1) is 19.1. The molecule has 1 fully saturated rings. The summed E-state index contributed by atoms with van der Waals surface area (Å²) in [5.74, 6) is -1.12. The summed E-state index contributed by atoms with van der Waals surface area (Å²) in [6.07, 6.45) is 0.371. The highest BCUT2D eigenvalue weighted by molar-refractivity contribution is 5.76. The van der Waals surface area contributed by atoms with Gasteiger partial charge in [0, 0.05) is 28.5 Å². The maximum Gasteiger partial charge on any atom is 0.304 e. The van der Waals surface area contributed by atoms with Gasteiger partial charge < -0.3 is 24.1 Å². The Morgan fingerprint density at radius 2 is 1.85 bits per heavy atom. The molecule has 3 aromatic carbocycles. The van der Waals surface area contributed by atoms with Crippen LogP contribution in [0, 0.1) is 30.9 Å². The molecule has 2 heterocycles. The molecular weight excluding hydrogens is 518 g/mol. The quantitative estimate of drug-likeness (QED) is 0.337. The minimum absolute atomic E-state index is 0.0154. The highest BCUT2D eigenvalue weighted by atomic mass is 19.2. The van der Waals surface area contributed by atoms with Crippen LogP contribution in [0.4, 0.5) is 8.78 Å². The van der Waals surface area contributed by atoms with Crippen molar-refractivity contribution in [1.29, 1.82) is 0 Å². The average molecular weight is 551 g/mol. The lowest BCUT2D eigenvalue weighted by Gasteiger charge is -2.37. The topological polar surface area (TPSA) is 74.2 Å². The minimum atomic E-state index is -0.907. The van der Waals surface area contributed by atoms with Crippen LogP contribution in [0.25, 0.3) is 11.1 Å². The molecule has 6 rings (SSSR count). The molecule has 3 aromatic rings. The van der Waals surface area contributed by atoms with Gasteiger partial charge in [0.25, 0.3) is 0 Å². The van der Waals surface area contributed by atoms with Gasteiger partial charge in [0.15, 0.2) is 11.6 Å². The van der Waals surface area contributed by atoms with Crippen LogP contribution in [0.2, 0.25) is 0 Å². The zero-order valence-corrected chi connectivity index (χ0v) is 22.8. The van der Waals surface area contributed by atoms with E-state index >= 15 is 8.78 Å². The van der Waals surface area contributed by atoms with Crippen LogP contribution in [0.3, 0.4) is 0 Å². The Labute approximate surface area is 231 Å². The van der Waals surface area contributed by atoms with Crippen molar-refractivity contribution in [3.8, 4) is 28.4 Å². The molecule has 2 atom stereocenters. The van der Waals surface area contributed by atoms with Crippen molar-refractivity contribution in [3.05, 3.63) is 75.8 Å². The highest BCUT2D eigenvalue weighted by Gasteiger charge is 2.35. The largest absolute Gasteiger partial charge is 0.493 e. The Bertz CT molecular complexity index is 1470. The summed E-state index contributed by atoms with van der Waals surface area (Å²) in [4.78, 5) is 11.1. The van der Waals surface area contributed by atoms with Gasteiger partial charge in [0.1, 0.15) is 23.4 Å². The van der Waals surface area contributed by atoms with Gasteiger partial charge in [0.05, 0.1) is 32.8 Å². The number of aryl methyl sites for hydroxylation is 2. The van der Waals surface area contributed by atoms with Crippen LogP contribution >= 0.6 is 0 Å². The summed E-state index contributed by atoms with van der Waals surface area (Å²) < 4.78 is 53.6. The van der Waals surface area contributed by atoms with Crippen LogP contribution in [0.15, 0.2) is 36.4 Å². The second kappa shape index (κ2) is 10.1. The Kier molecular flexibility index (Phi) is 6.69. The van der Waals surface area contributed by atoms with Crippen molar-refractivity contribution in [2.75, 3.05) is 26.4 Å². The minimum Gasteiger partial charge on any atom is -0.493 e. The molecule has 1 saturated heterocycles. The van der Waals surface area contributed by atoms with E-state index in [0.29, 0.717) is 49.7 Å². The normalized spacial score (nSPS) is 20.3. The van der Waals surface area contributed by atoms with Gasteiger partial charge >= 0.3 is 5.97 Å². The third-order valence-corrected chi connectivity index (χ3v) is 8.17. The maximum absolute atomic E-state index is 15.3. The van der Waals surface area contributed by atoms with Crippen molar-refractivity contribution in [1.82, 2.24) is 0 Å². The number of hydrogen-bond donors (Lipinski definition) is 1.